The zero-order chi connectivity index (χ0) is 17.3. The minimum Gasteiger partial charge on any atom is -0.481 e. The van der Waals surface area contributed by atoms with E-state index in [0.717, 1.165) is 32.0 Å². The third-order valence-corrected chi connectivity index (χ3v) is 4.14. The molecular formula is C20H34O3. The quantitative estimate of drug-likeness (QED) is 0.244. The molecule has 3 nitrogen and oxygen atoms in total. The molecule has 132 valence electrons. The Morgan fingerprint density at radius 3 is 2.30 bits per heavy atom. The lowest BCUT2D eigenvalue weighted by Gasteiger charge is -2.16. The van der Waals surface area contributed by atoms with Crippen molar-refractivity contribution < 1.29 is 14.7 Å². The van der Waals surface area contributed by atoms with Crippen LogP contribution in [0.1, 0.15) is 78.1 Å². The molecule has 0 heterocycles. The number of aldehydes is 1. The van der Waals surface area contributed by atoms with Gasteiger partial charge in [-0.1, -0.05) is 57.4 Å². The zero-order valence-corrected chi connectivity index (χ0v) is 14.9. The largest absolute Gasteiger partial charge is 0.481 e. The van der Waals surface area contributed by atoms with Gasteiger partial charge in [-0.3, -0.25) is 4.79 Å². The average Bonchev–Trinajstić information content (AvgIpc) is 2.54. The SMILES string of the molecule is CCCCCC/C=C/[C@@H](CC)[C@H](C=O)C/C=C\CCCC(=O)O. The standard InChI is InChI=1S/C20H34O3/c1-3-5-6-7-8-11-14-18(4-2)19(17-21)15-12-9-10-13-16-20(22)23/h9,11-12,14,17-19H,3-8,10,13,15-16H2,1-2H3,(H,22,23)/b12-9-,14-11+/t18-,19+/m1/s1. The Balaban J connectivity index is 4.11. The molecule has 0 fully saturated rings. The third kappa shape index (κ3) is 12.8. The van der Waals surface area contributed by atoms with Gasteiger partial charge in [0.05, 0.1) is 0 Å². The highest BCUT2D eigenvalue weighted by atomic mass is 16.4. The van der Waals surface area contributed by atoms with Crippen molar-refractivity contribution in [2.75, 3.05) is 0 Å². The van der Waals surface area contributed by atoms with Crippen molar-refractivity contribution in [3.63, 3.8) is 0 Å². The molecule has 0 rings (SSSR count). The van der Waals surface area contributed by atoms with E-state index in [4.69, 9.17) is 5.11 Å². The zero-order valence-electron chi connectivity index (χ0n) is 14.9. The van der Waals surface area contributed by atoms with Crippen LogP contribution in [0, 0.1) is 11.8 Å². The third-order valence-electron chi connectivity index (χ3n) is 4.14. The molecule has 0 saturated heterocycles. The fourth-order valence-corrected chi connectivity index (χ4v) is 2.62. The summed E-state index contributed by atoms with van der Waals surface area (Å²) in [6, 6.07) is 0. The topological polar surface area (TPSA) is 54.4 Å². The number of carbonyl (C=O) groups is 2. The summed E-state index contributed by atoms with van der Waals surface area (Å²) in [5.74, 6) is -0.413. The molecule has 0 bridgehead atoms. The average molecular weight is 322 g/mol. The summed E-state index contributed by atoms with van der Waals surface area (Å²) in [6.07, 6.45) is 19.1. The summed E-state index contributed by atoms with van der Waals surface area (Å²) in [4.78, 5) is 21.8. The first-order valence-corrected chi connectivity index (χ1v) is 9.14. The molecule has 0 saturated carbocycles. The Hall–Kier alpha value is -1.38. The Labute approximate surface area is 141 Å². The van der Waals surface area contributed by atoms with E-state index >= 15 is 0 Å². The van der Waals surface area contributed by atoms with Crippen molar-refractivity contribution in [3.05, 3.63) is 24.3 Å². The maximum atomic E-state index is 11.3. The monoisotopic (exact) mass is 322 g/mol. The van der Waals surface area contributed by atoms with Crippen molar-refractivity contribution in [2.45, 2.75) is 78.1 Å². The summed E-state index contributed by atoms with van der Waals surface area (Å²) in [7, 11) is 0. The van der Waals surface area contributed by atoms with Crippen LogP contribution in [-0.4, -0.2) is 17.4 Å². The van der Waals surface area contributed by atoms with Crippen molar-refractivity contribution in [1.29, 1.82) is 0 Å². The minimum atomic E-state index is -0.751. The van der Waals surface area contributed by atoms with E-state index in [2.05, 4.69) is 26.0 Å². The van der Waals surface area contributed by atoms with Crippen molar-refractivity contribution in [2.24, 2.45) is 11.8 Å². The van der Waals surface area contributed by atoms with Crippen LogP contribution < -0.4 is 0 Å². The van der Waals surface area contributed by atoms with Crippen LogP contribution in [-0.2, 0) is 9.59 Å². The molecule has 2 atom stereocenters. The number of aliphatic carboxylic acids is 1. The molecule has 0 unspecified atom stereocenters. The van der Waals surface area contributed by atoms with Crippen LogP contribution in [0.25, 0.3) is 0 Å². The number of carbonyl (C=O) groups excluding carboxylic acids is 1. The van der Waals surface area contributed by atoms with Crippen LogP contribution in [0.5, 0.6) is 0 Å². The molecule has 0 aliphatic heterocycles. The number of carboxylic acid groups (broad SMARTS) is 1. The summed E-state index contributed by atoms with van der Waals surface area (Å²) in [6.45, 7) is 4.34. The van der Waals surface area contributed by atoms with Crippen molar-refractivity contribution >= 4 is 12.3 Å². The highest BCUT2D eigenvalue weighted by Gasteiger charge is 2.15. The Kier molecular flexibility index (Phi) is 14.6. The van der Waals surface area contributed by atoms with Gasteiger partial charge >= 0.3 is 5.97 Å². The van der Waals surface area contributed by atoms with Gasteiger partial charge in [0.15, 0.2) is 0 Å². The number of hydrogen-bond donors (Lipinski definition) is 1. The number of allylic oxidation sites excluding steroid dienone is 4. The Morgan fingerprint density at radius 1 is 0.957 bits per heavy atom. The van der Waals surface area contributed by atoms with Crippen LogP contribution in [0.4, 0.5) is 0 Å². The second kappa shape index (κ2) is 15.5. The van der Waals surface area contributed by atoms with Gasteiger partial charge in [-0.15, -0.1) is 0 Å². The van der Waals surface area contributed by atoms with E-state index in [1.165, 1.54) is 25.7 Å². The van der Waals surface area contributed by atoms with Crippen LogP contribution in [0.3, 0.4) is 0 Å². The van der Waals surface area contributed by atoms with Gasteiger partial charge < -0.3 is 9.90 Å². The molecule has 0 spiro atoms. The smallest absolute Gasteiger partial charge is 0.303 e. The maximum Gasteiger partial charge on any atom is 0.303 e. The molecule has 3 heteroatoms. The lowest BCUT2D eigenvalue weighted by molar-refractivity contribution is -0.137. The summed E-state index contributed by atoms with van der Waals surface area (Å²) in [5, 5.41) is 8.57. The lowest BCUT2D eigenvalue weighted by atomic mass is 9.87. The van der Waals surface area contributed by atoms with E-state index in [-0.39, 0.29) is 12.3 Å². The molecule has 1 N–H and O–H groups in total. The van der Waals surface area contributed by atoms with Gasteiger partial charge in [0.1, 0.15) is 6.29 Å². The minimum absolute atomic E-state index is 0.0302. The number of unbranched alkanes of at least 4 members (excludes halogenated alkanes) is 5. The molecule has 0 aromatic rings. The van der Waals surface area contributed by atoms with E-state index in [1.807, 2.05) is 12.2 Å². The van der Waals surface area contributed by atoms with Gasteiger partial charge in [0.2, 0.25) is 0 Å². The summed E-state index contributed by atoms with van der Waals surface area (Å²) in [5.41, 5.74) is 0. The van der Waals surface area contributed by atoms with Gasteiger partial charge in [0, 0.05) is 12.3 Å². The molecule has 0 aliphatic rings. The van der Waals surface area contributed by atoms with E-state index in [1.54, 1.807) is 0 Å². The molecule has 0 aliphatic carbocycles. The number of hydrogen-bond acceptors (Lipinski definition) is 2. The van der Waals surface area contributed by atoms with E-state index < -0.39 is 5.97 Å². The fourth-order valence-electron chi connectivity index (χ4n) is 2.62. The van der Waals surface area contributed by atoms with E-state index in [9.17, 15) is 9.59 Å². The molecule has 0 aromatic carbocycles. The first-order valence-electron chi connectivity index (χ1n) is 9.14. The van der Waals surface area contributed by atoms with Gasteiger partial charge in [-0.2, -0.15) is 0 Å². The summed E-state index contributed by atoms with van der Waals surface area (Å²) < 4.78 is 0. The molecule has 0 amide bonds. The Bertz CT molecular complexity index is 358. The number of rotatable bonds is 15. The van der Waals surface area contributed by atoms with Crippen molar-refractivity contribution in [1.82, 2.24) is 0 Å². The molecule has 0 aromatic heterocycles. The predicted molar refractivity (Wildman–Crippen MR) is 96.5 cm³/mol. The van der Waals surface area contributed by atoms with E-state index in [0.29, 0.717) is 12.3 Å². The highest BCUT2D eigenvalue weighted by molar-refractivity contribution is 5.66. The first kappa shape index (κ1) is 21.6. The van der Waals surface area contributed by atoms with Crippen LogP contribution in [0.2, 0.25) is 0 Å². The van der Waals surface area contributed by atoms with Gasteiger partial charge in [-0.05, 0) is 44.4 Å². The van der Waals surface area contributed by atoms with Crippen LogP contribution >= 0.6 is 0 Å². The predicted octanol–water partition coefficient (Wildman–Crippen LogP) is 5.56. The summed E-state index contributed by atoms with van der Waals surface area (Å²) >= 11 is 0. The highest BCUT2D eigenvalue weighted by Crippen LogP contribution is 2.20. The second-order valence-corrected chi connectivity index (χ2v) is 6.14. The normalized spacial score (nSPS) is 14.3. The second-order valence-electron chi connectivity index (χ2n) is 6.14. The van der Waals surface area contributed by atoms with Gasteiger partial charge in [0.25, 0.3) is 0 Å². The fraction of sp³-hybridized carbons (Fsp3) is 0.700. The number of carboxylic acids is 1. The lowest BCUT2D eigenvalue weighted by Crippen LogP contribution is -2.12. The maximum absolute atomic E-state index is 11.3. The molecule has 23 heavy (non-hydrogen) atoms. The molecule has 0 radical (unpaired) electrons. The molecular weight excluding hydrogens is 288 g/mol. The first-order chi connectivity index (χ1) is 11.2. The van der Waals surface area contributed by atoms with Gasteiger partial charge in [-0.25, -0.2) is 0 Å². The Morgan fingerprint density at radius 2 is 1.70 bits per heavy atom. The van der Waals surface area contributed by atoms with Crippen molar-refractivity contribution in [3.8, 4) is 0 Å². The van der Waals surface area contributed by atoms with Crippen LogP contribution in [0.15, 0.2) is 24.3 Å².